The summed E-state index contributed by atoms with van der Waals surface area (Å²) >= 11 is 0. The fourth-order valence-electron chi connectivity index (χ4n) is 3.33. The fraction of sp³-hybridized carbons (Fsp3) is 0.167. The number of amides is 1. The average molecular weight is 389 g/mol. The largest absolute Gasteiger partial charge is 0.496 e. The minimum Gasteiger partial charge on any atom is -0.496 e. The molecule has 2 N–H and O–H groups in total. The van der Waals surface area contributed by atoms with E-state index in [1.165, 1.54) is 7.11 Å². The number of aliphatic carboxylic acids is 1. The third kappa shape index (κ3) is 5.02. The number of para-hydroxylation sites is 1. The van der Waals surface area contributed by atoms with Crippen LogP contribution in [0.25, 0.3) is 0 Å². The van der Waals surface area contributed by atoms with E-state index < -0.39 is 17.9 Å². The lowest BCUT2D eigenvalue weighted by atomic mass is 9.90. The second-order valence-corrected chi connectivity index (χ2v) is 6.67. The zero-order valence-electron chi connectivity index (χ0n) is 16.1. The Kier molecular flexibility index (Phi) is 6.63. The maximum atomic E-state index is 13.2. The maximum Gasteiger partial charge on any atom is 0.326 e. The lowest BCUT2D eigenvalue weighted by Crippen LogP contribution is -2.44. The van der Waals surface area contributed by atoms with E-state index in [2.05, 4.69) is 5.32 Å². The number of carbonyl (C=O) groups is 2. The molecule has 0 bridgehead atoms. The van der Waals surface area contributed by atoms with Gasteiger partial charge in [-0.05, 0) is 22.8 Å². The molecule has 0 fully saturated rings. The first-order valence-electron chi connectivity index (χ1n) is 9.35. The molecule has 0 spiro atoms. The minimum atomic E-state index is -1.09. The summed E-state index contributed by atoms with van der Waals surface area (Å²) in [5.74, 6) is -1.46. The molecule has 0 saturated heterocycles. The molecule has 3 rings (SSSR count). The highest BCUT2D eigenvalue weighted by molar-refractivity contribution is 5.90. The smallest absolute Gasteiger partial charge is 0.326 e. The van der Waals surface area contributed by atoms with Crippen LogP contribution in [-0.4, -0.2) is 30.1 Å². The van der Waals surface area contributed by atoms with Gasteiger partial charge < -0.3 is 15.2 Å². The van der Waals surface area contributed by atoms with Crippen LogP contribution in [0.2, 0.25) is 0 Å². The van der Waals surface area contributed by atoms with Gasteiger partial charge in [0.2, 0.25) is 5.91 Å². The third-order valence-electron chi connectivity index (χ3n) is 4.76. The highest BCUT2D eigenvalue weighted by atomic mass is 16.5. The van der Waals surface area contributed by atoms with Crippen molar-refractivity contribution in [2.24, 2.45) is 0 Å². The molecular weight excluding hydrogens is 366 g/mol. The molecule has 0 aliphatic carbocycles. The molecule has 5 nitrogen and oxygen atoms in total. The number of hydrogen-bond acceptors (Lipinski definition) is 3. The highest BCUT2D eigenvalue weighted by Crippen LogP contribution is 2.25. The Morgan fingerprint density at radius 3 is 1.90 bits per heavy atom. The van der Waals surface area contributed by atoms with Gasteiger partial charge in [0.1, 0.15) is 11.8 Å². The molecule has 0 radical (unpaired) electrons. The van der Waals surface area contributed by atoms with Crippen LogP contribution in [-0.2, 0) is 16.0 Å². The van der Waals surface area contributed by atoms with E-state index >= 15 is 0 Å². The average Bonchev–Trinajstić information content (AvgIpc) is 2.75. The maximum absolute atomic E-state index is 13.2. The molecular formula is C24H23NO4. The van der Waals surface area contributed by atoms with Gasteiger partial charge in [-0.25, -0.2) is 4.79 Å². The van der Waals surface area contributed by atoms with Gasteiger partial charge in [-0.2, -0.15) is 0 Å². The number of benzene rings is 3. The second kappa shape index (κ2) is 9.55. The highest BCUT2D eigenvalue weighted by Gasteiger charge is 2.28. The third-order valence-corrected chi connectivity index (χ3v) is 4.76. The monoisotopic (exact) mass is 389 g/mol. The molecule has 0 saturated carbocycles. The SMILES string of the molecule is COc1ccccc1C[C@@H](NC(=O)C(c1ccccc1)c1ccccc1)C(=O)O. The fourth-order valence-corrected chi connectivity index (χ4v) is 3.33. The van der Waals surface area contributed by atoms with Gasteiger partial charge in [0.25, 0.3) is 0 Å². The molecule has 0 heterocycles. The van der Waals surface area contributed by atoms with Gasteiger partial charge in [0.05, 0.1) is 13.0 Å². The van der Waals surface area contributed by atoms with Gasteiger partial charge in [-0.3, -0.25) is 4.79 Å². The van der Waals surface area contributed by atoms with E-state index in [9.17, 15) is 14.7 Å². The number of nitrogens with one attached hydrogen (secondary N) is 1. The van der Waals surface area contributed by atoms with Gasteiger partial charge in [-0.15, -0.1) is 0 Å². The summed E-state index contributed by atoms with van der Waals surface area (Å²) in [5.41, 5.74) is 2.33. The molecule has 1 amide bonds. The summed E-state index contributed by atoms with van der Waals surface area (Å²) in [7, 11) is 1.54. The Balaban J connectivity index is 1.87. The first-order chi connectivity index (χ1) is 14.1. The van der Waals surface area contributed by atoms with Crippen molar-refractivity contribution in [3.8, 4) is 5.75 Å². The number of ether oxygens (including phenoxy) is 1. The molecule has 0 unspecified atom stereocenters. The first kappa shape index (κ1) is 20.1. The lowest BCUT2D eigenvalue weighted by Gasteiger charge is -2.22. The zero-order chi connectivity index (χ0) is 20.6. The van der Waals surface area contributed by atoms with Crippen LogP contribution in [0.1, 0.15) is 22.6 Å². The van der Waals surface area contributed by atoms with Crippen LogP contribution < -0.4 is 10.1 Å². The molecule has 3 aromatic carbocycles. The summed E-state index contributed by atoms with van der Waals surface area (Å²) in [6.07, 6.45) is 0.126. The van der Waals surface area contributed by atoms with Gasteiger partial charge in [-0.1, -0.05) is 78.9 Å². The molecule has 1 atom stereocenters. The number of rotatable bonds is 8. The van der Waals surface area contributed by atoms with E-state index in [-0.39, 0.29) is 12.3 Å². The topological polar surface area (TPSA) is 75.6 Å². The molecule has 0 aromatic heterocycles. The Morgan fingerprint density at radius 1 is 0.862 bits per heavy atom. The zero-order valence-corrected chi connectivity index (χ0v) is 16.1. The van der Waals surface area contributed by atoms with Crippen molar-refractivity contribution in [2.45, 2.75) is 18.4 Å². The molecule has 0 aliphatic rings. The summed E-state index contributed by atoms with van der Waals surface area (Å²) in [6, 6.07) is 24.8. The summed E-state index contributed by atoms with van der Waals surface area (Å²) in [4.78, 5) is 25.1. The van der Waals surface area contributed by atoms with Crippen molar-refractivity contribution in [2.75, 3.05) is 7.11 Å². The molecule has 3 aromatic rings. The van der Waals surface area contributed by atoms with Gasteiger partial charge >= 0.3 is 5.97 Å². The van der Waals surface area contributed by atoms with Crippen molar-refractivity contribution < 1.29 is 19.4 Å². The summed E-state index contributed by atoms with van der Waals surface area (Å²) < 4.78 is 5.31. The summed E-state index contributed by atoms with van der Waals surface area (Å²) in [5, 5.41) is 12.4. The van der Waals surface area contributed by atoms with Crippen molar-refractivity contribution in [1.29, 1.82) is 0 Å². The van der Waals surface area contributed by atoms with Crippen molar-refractivity contribution in [3.63, 3.8) is 0 Å². The van der Waals surface area contributed by atoms with Crippen LogP contribution in [0.3, 0.4) is 0 Å². The lowest BCUT2D eigenvalue weighted by molar-refractivity contribution is -0.141. The van der Waals surface area contributed by atoms with Crippen LogP contribution in [0.4, 0.5) is 0 Å². The van der Waals surface area contributed by atoms with Crippen LogP contribution in [0.15, 0.2) is 84.9 Å². The number of carbonyl (C=O) groups excluding carboxylic acids is 1. The van der Waals surface area contributed by atoms with Crippen LogP contribution in [0, 0.1) is 0 Å². The number of hydrogen-bond donors (Lipinski definition) is 2. The summed E-state index contributed by atoms with van der Waals surface area (Å²) in [6.45, 7) is 0. The Bertz CT molecular complexity index is 917. The molecule has 148 valence electrons. The predicted octanol–water partition coefficient (Wildman–Crippen LogP) is 3.64. The second-order valence-electron chi connectivity index (χ2n) is 6.67. The molecule has 29 heavy (non-hydrogen) atoms. The minimum absolute atomic E-state index is 0.126. The molecule has 5 heteroatoms. The normalized spacial score (nSPS) is 11.7. The van der Waals surface area contributed by atoms with E-state index in [1.807, 2.05) is 72.8 Å². The Hall–Kier alpha value is -3.60. The van der Waals surface area contributed by atoms with Crippen LogP contribution in [0.5, 0.6) is 5.75 Å². The van der Waals surface area contributed by atoms with E-state index in [0.29, 0.717) is 5.75 Å². The first-order valence-corrected chi connectivity index (χ1v) is 9.35. The van der Waals surface area contributed by atoms with E-state index in [0.717, 1.165) is 16.7 Å². The van der Waals surface area contributed by atoms with Gasteiger partial charge in [0.15, 0.2) is 0 Å². The van der Waals surface area contributed by atoms with Crippen molar-refractivity contribution >= 4 is 11.9 Å². The van der Waals surface area contributed by atoms with E-state index in [4.69, 9.17) is 4.74 Å². The van der Waals surface area contributed by atoms with E-state index in [1.54, 1.807) is 12.1 Å². The predicted molar refractivity (Wildman–Crippen MR) is 111 cm³/mol. The number of carboxylic acids is 1. The van der Waals surface area contributed by atoms with Crippen molar-refractivity contribution in [1.82, 2.24) is 5.32 Å². The number of carboxylic acid groups (broad SMARTS) is 1. The number of methoxy groups -OCH3 is 1. The standard InChI is InChI=1S/C24H23NO4/c1-29-21-15-9-8-14-19(21)16-20(24(27)28)25-23(26)22(17-10-4-2-5-11-17)18-12-6-3-7-13-18/h2-15,20,22H,16H2,1H3,(H,25,26)(H,27,28)/t20-/m1/s1. The Labute approximate surface area is 170 Å². The van der Waals surface area contributed by atoms with Crippen molar-refractivity contribution in [3.05, 3.63) is 102 Å². The van der Waals surface area contributed by atoms with Gasteiger partial charge in [0, 0.05) is 6.42 Å². The Morgan fingerprint density at radius 2 is 1.38 bits per heavy atom. The van der Waals surface area contributed by atoms with Crippen LogP contribution >= 0.6 is 0 Å². The molecule has 0 aliphatic heterocycles. The quantitative estimate of drug-likeness (QED) is 0.617.